The number of carboxylic acid groups (broad SMARTS) is 1. The number of aromatic hydroxyl groups is 1. The number of unbranched alkanes of at least 4 members (excludes halogenated alkanes) is 3. The first kappa shape index (κ1) is 19.6. The Hall–Kier alpha value is -2.48. The number of nitrogens with one attached hydrogen (secondary N) is 1. The van der Waals surface area contributed by atoms with E-state index in [1.54, 1.807) is 6.92 Å². The summed E-state index contributed by atoms with van der Waals surface area (Å²) in [5, 5.41) is 31.4. The molecule has 24 heavy (non-hydrogen) atoms. The first-order chi connectivity index (χ1) is 11.5. The Kier molecular flexibility index (Phi) is 8.42. The number of hydrogen-bond acceptors (Lipinski definition) is 6. The highest BCUT2D eigenvalue weighted by Crippen LogP contribution is 2.21. The van der Waals surface area contributed by atoms with Crippen molar-refractivity contribution in [1.82, 2.24) is 10.4 Å². The SMILES string of the molecule is Cc1ncc(CO)c(/C=N/NC(=O)CCCCCCC(=O)O)c1O. The minimum absolute atomic E-state index is 0.0852. The van der Waals surface area contributed by atoms with Gasteiger partial charge in [-0.15, -0.1) is 0 Å². The maximum absolute atomic E-state index is 11.6. The van der Waals surface area contributed by atoms with E-state index < -0.39 is 5.97 Å². The molecular weight excluding hydrogens is 314 g/mol. The Morgan fingerprint density at radius 3 is 2.54 bits per heavy atom. The van der Waals surface area contributed by atoms with Gasteiger partial charge in [-0.1, -0.05) is 12.8 Å². The van der Waals surface area contributed by atoms with Crippen LogP contribution in [0.2, 0.25) is 0 Å². The quantitative estimate of drug-likeness (QED) is 0.290. The predicted octanol–water partition coefficient (Wildman–Crippen LogP) is 1.46. The van der Waals surface area contributed by atoms with Crippen LogP contribution in [0.15, 0.2) is 11.3 Å². The fraction of sp³-hybridized carbons (Fsp3) is 0.500. The third kappa shape index (κ3) is 6.74. The maximum Gasteiger partial charge on any atom is 0.303 e. The average Bonchev–Trinajstić information content (AvgIpc) is 2.54. The highest BCUT2D eigenvalue weighted by Gasteiger charge is 2.09. The Labute approximate surface area is 140 Å². The number of aliphatic hydroxyl groups is 1. The molecule has 0 aliphatic heterocycles. The molecular formula is C16H23N3O5. The molecule has 4 N–H and O–H groups in total. The molecule has 0 radical (unpaired) electrons. The highest BCUT2D eigenvalue weighted by atomic mass is 16.4. The molecule has 0 bridgehead atoms. The van der Waals surface area contributed by atoms with Gasteiger partial charge in [0.2, 0.25) is 5.91 Å². The summed E-state index contributed by atoms with van der Waals surface area (Å²) in [4.78, 5) is 25.9. The summed E-state index contributed by atoms with van der Waals surface area (Å²) in [6.45, 7) is 1.32. The lowest BCUT2D eigenvalue weighted by Crippen LogP contribution is -2.17. The number of carbonyl (C=O) groups excluding carboxylic acids is 1. The summed E-state index contributed by atoms with van der Waals surface area (Å²) in [7, 11) is 0. The Bertz CT molecular complexity index is 602. The van der Waals surface area contributed by atoms with E-state index in [9.17, 15) is 19.8 Å². The van der Waals surface area contributed by atoms with Gasteiger partial charge in [-0.2, -0.15) is 5.10 Å². The number of aliphatic hydroxyl groups excluding tert-OH is 1. The topological polar surface area (TPSA) is 132 Å². The van der Waals surface area contributed by atoms with E-state index in [1.807, 2.05) is 0 Å². The van der Waals surface area contributed by atoms with Gasteiger partial charge in [-0.3, -0.25) is 14.6 Å². The molecule has 0 aliphatic carbocycles. The summed E-state index contributed by atoms with van der Waals surface area (Å²) in [6.07, 6.45) is 5.98. The molecule has 8 heteroatoms. The van der Waals surface area contributed by atoms with E-state index in [0.29, 0.717) is 36.1 Å². The zero-order valence-corrected chi connectivity index (χ0v) is 13.7. The summed E-state index contributed by atoms with van der Waals surface area (Å²) >= 11 is 0. The predicted molar refractivity (Wildman–Crippen MR) is 87.6 cm³/mol. The summed E-state index contributed by atoms with van der Waals surface area (Å²) < 4.78 is 0. The number of hydrazone groups is 1. The van der Waals surface area contributed by atoms with E-state index >= 15 is 0 Å². The Morgan fingerprint density at radius 1 is 1.25 bits per heavy atom. The second kappa shape index (κ2) is 10.3. The normalized spacial score (nSPS) is 10.9. The van der Waals surface area contributed by atoms with Crippen molar-refractivity contribution in [3.8, 4) is 5.75 Å². The fourth-order valence-corrected chi connectivity index (χ4v) is 2.06. The number of pyridine rings is 1. The van der Waals surface area contributed by atoms with Crippen LogP contribution in [0.3, 0.4) is 0 Å². The molecule has 0 saturated carbocycles. The van der Waals surface area contributed by atoms with Gasteiger partial charge >= 0.3 is 5.97 Å². The van der Waals surface area contributed by atoms with Gasteiger partial charge in [0.25, 0.3) is 0 Å². The second-order valence-corrected chi connectivity index (χ2v) is 5.39. The molecule has 0 saturated heterocycles. The Balaban J connectivity index is 2.38. The summed E-state index contributed by atoms with van der Waals surface area (Å²) in [6, 6.07) is 0. The lowest BCUT2D eigenvalue weighted by Gasteiger charge is -2.07. The van der Waals surface area contributed by atoms with E-state index in [4.69, 9.17) is 5.11 Å². The monoisotopic (exact) mass is 337 g/mol. The van der Waals surface area contributed by atoms with Crippen LogP contribution in [0.1, 0.15) is 55.3 Å². The van der Waals surface area contributed by atoms with Crippen LogP contribution in [-0.2, 0) is 16.2 Å². The first-order valence-corrected chi connectivity index (χ1v) is 7.77. The molecule has 0 atom stereocenters. The number of amides is 1. The minimum atomic E-state index is -0.807. The van der Waals surface area contributed by atoms with Gasteiger partial charge in [0, 0.05) is 30.2 Å². The molecule has 132 valence electrons. The third-order valence-corrected chi connectivity index (χ3v) is 3.46. The van der Waals surface area contributed by atoms with Crippen LogP contribution >= 0.6 is 0 Å². The summed E-state index contributed by atoms with van der Waals surface area (Å²) in [5.41, 5.74) is 3.50. The van der Waals surface area contributed by atoms with Crippen LogP contribution in [0.4, 0.5) is 0 Å². The van der Waals surface area contributed by atoms with E-state index in [0.717, 1.165) is 12.8 Å². The van der Waals surface area contributed by atoms with Crippen molar-refractivity contribution in [3.05, 3.63) is 23.0 Å². The van der Waals surface area contributed by atoms with Crippen LogP contribution in [0.25, 0.3) is 0 Å². The van der Waals surface area contributed by atoms with Crippen LogP contribution in [0.5, 0.6) is 5.75 Å². The molecule has 1 rings (SSSR count). The van der Waals surface area contributed by atoms with E-state index in [1.165, 1.54) is 12.4 Å². The van der Waals surface area contributed by atoms with Crippen molar-refractivity contribution in [2.24, 2.45) is 5.10 Å². The standard InChI is InChI=1S/C16H23N3O5/c1-11-16(24)13(12(10-20)8-17-11)9-18-19-14(21)6-4-2-3-5-7-15(22)23/h8-9,20,24H,2-7,10H2,1H3,(H,19,21)(H,22,23)/b18-9+. The fourth-order valence-electron chi connectivity index (χ4n) is 2.06. The largest absolute Gasteiger partial charge is 0.505 e. The number of aromatic nitrogens is 1. The molecule has 0 aromatic carbocycles. The first-order valence-electron chi connectivity index (χ1n) is 7.77. The maximum atomic E-state index is 11.6. The molecule has 1 heterocycles. The van der Waals surface area contributed by atoms with Crippen LogP contribution < -0.4 is 5.43 Å². The average molecular weight is 337 g/mol. The van der Waals surface area contributed by atoms with Crippen molar-refractivity contribution < 1.29 is 24.9 Å². The third-order valence-electron chi connectivity index (χ3n) is 3.46. The molecule has 0 spiro atoms. The van der Waals surface area contributed by atoms with Gasteiger partial charge < -0.3 is 15.3 Å². The van der Waals surface area contributed by atoms with Crippen LogP contribution in [-0.4, -0.2) is 38.4 Å². The van der Waals surface area contributed by atoms with Crippen LogP contribution in [0, 0.1) is 6.92 Å². The second-order valence-electron chi connectivity index (χ2n) is 5.39. The van der Waals surface area contributed by atoms with Crippen molar-refractivity contribution >= 4 is 18.1 Å². The molecule has 0 unspecified atom stereocenters. The van der Waals surface area contributed by atoms with Gasteiger partial charge in [0.1, 0.15) is 5.75 Å². The van der Waals surface area contributed by atoms with Crippen molar-refractivity contribution in [2.75, 3.05) is 0 Å². The number of aryl methyl sites for hydroxylation is 1. The number of carbonyl (C=O) groups is 2. The van der Waals surface area contributed by atoms with Gasteiger partial charge in [0.15, 0.2) is 0 Å². The number of carboxylic acids is 1. The minimum Gasteiger partial charge on any atom is -0.505 e. The number of hydrogen-bond donors (Lipinski definition) is 4. The molecule has 1 amide bonds. The summed E-state index contributed by atoms with van der Waals surface area (Å²) in [5.74, 6) is -1.16. The van der Waals surface area contributed by atoms with E-state index in [-0.39, 0.29) is 24.7 Å². The van der Waals surface area contributed by atoms with Gasteiger partial charge in [-0.25, -0.2) is 5.43 Å². The lowest BCUT2D eigenvalue weighted by atomic mass is 10.1. The van der Waals surface area contributed by atoms with E-state index in [2.05, 4.69) is 15.5 Å². The Morgan fingerprint density at radius 2 is 1.92 bits per heavy atom. The van der Waals surface area contributed by atoms with Crippen molar-refractivity contribution in [2.45, 2.75) is 52.1 Å². The molecule has 1 aromatic heterocycles. The highest BCUT2D eigenvalue weighted by molar-refractivity contribution is 5.87. The van der Waals surface area contributed by atoms with Gasteiger partial charge in [0.05, 0.1) is 18.5 Å². The number of nitrogens with zero attached hydrogens (tertiary/aromatic N) is 2. The van der Waals surface area contributed by atoms with Gasteiger partial charge in [-0.05, 0) is 19.8 Å². The molecule has 8 nitrogen and oxygen atoms in total. The zero-order valence-electron chi connectivity index (χ0n) is 13.7. The molecule has 1 aromatic rings. The zero-order chi connectivity index (χ0) is 17.9. The number of rotatable bonds is 10. The number of aliphatic carboxylic acids is 1. The molecule has 0 fully saturated rings. The van der Waals surface area contributed by atoms with Crippen molar-refractivity contribution in [3.63, 3.8) is 0 Å². The lowest BCUT2D eigenvalue weighted by molar-refractivity contribution is -0.137. The molecule has 0 aliphatic rings. The smallest absolute Gasteiger partial charge is 0.303 e. The van der Waals surface area contributed by atoms with Crippen molar-refractivity contribution in [1.29, 1.82) is 0 Å².